The smallest absolute Gasteiger partial charge is 0.326 e. The molecule has 0 aliphatic carbocycles. The van der Waals surface area contributed by atoms with Gasteiger partial charge in [-0.3, -0.25) is 10.1 Å². The van der Waals surface area contributed by atoms with Crippen molar-refractivity contribution in [1.82, 2.24) is 5.32 Å². The van der Waals surface area contributed by atoms with Crippen LogP contribution in [0.4, 0.5) is 19.3 Å². The Hall–Kier alpha value is -4.25. The molecular formula is C22H15F2N3O3. The summed E-state index contributed by atoms with van der Waals surface area (Å²) in [6.07, 6.45) is 0. The molecule has 6 nitrogen and oxygen atoms in total. The zero-order chi connectivity index (χ0) is 21.5. The van der Waals surface area contributed by atoms with Gasteiger partial charge in [-0.15, -0.1) is 0 Å². The van der Waals surface area contributed by atoms with Gasteiger partial charge in [0, 0.05) is 11.3 Å². The van der Waals surface area contributed by atoms with Crippen LogP contribution in [-0.2, 0) is 6.61 Å². The van der Waals surface area contributed by atoms with Crippen LogP contribution in [0.25, 0.3) is 0 Å². The minimum Gasteiger partial charge on any atom is -0.489 e. The first-order valence-corrected chi connectivity index (χ1v) is 8.75. The Kier molecular flexibility index (Phi) is 6.35. The Labute approximate surface area is 170 Å². The molecule has 0 heterocycles. The van der Waals surface area contributed by atoms with Gasteiger partial charge in [0.05, 0.1) is 11.6 Å². The monoisotopic (exact) mass is 407 g/mol. The van der Waals surface area contributed by atoms with Crippen molar-refractivity contribution >= 4 is 17.6 Å². The Bertz CT molecular complexity index is 1100. The van der Waals surface area contributed by atoms with Crippen LogP contribution >= 0.6 is 0 Å². The third-order valence-corrected chi connectivity index (χ3v) is 4.06. The molecule has 3 amide bonds. The number of nitriles is 1. The van der Waals surface area contributed by atoms with Crippen molar-refractivity contribution in [3.05, 3.63) is 95.1 Å². The average molecular weight is 407 g/mol. The average Bonchev–Trinajstić information content (AvgIpc) is 2.73. The van der Waals surface area contributed by atoms with Gasteiger partial charge in [0.1, 0.15) is 29.6 Å². The van der Waals surface area contributed by atoms with Crippen LogP contribution in [0, 0.1) is 23.0 Å². The Morgan fingerprint density at radius 3 is 2.27 bits per heavy atom. The van der Waals surface area contributed by atoms with E-state index < -0.39 is 29.1 Å². The molecular weight excluding hydrogens is 392 g/mol. The highest BCUT2D eigenvalue weighted by Crippen LogP contribution is 2.18. The second-order valence-electron chi connectivity index (χ2n) is 6.09. The van der Waals surface area contributed by atoms with Gasteiger partial charge in [0.2, 0.25) is 0 Å². The van der Waals surface area contributed by atoms with Crippen molar-refractivity contribution < 1.29 is 23.1 Å². The SMILES string of the molecule is N#Cc1ccccc1COc1ccc(NC(=O)NC(=O)c2c(F)cccc2F)cc1. The number of nitrogens with zero attached hydrogens (tertiary/aromatic N) is 1. The van der Waals surface area contributed by atoms with Crippen LogP contribution in [0.1, 0.15) is 21.5 Å². The summed E-state index contributed by atoms with van der Waals surface area (Å²) in [5.41, 5.74) is 0.747. The highest BCUT2D eigenvalue weighted by atomic mass is 19.1. The van der Waals surface area contributed by atoms with E-state index in [1.54, 1.807) is 36.4 Å². The molecule has 30 heavy (non-hydrogen) atoms. The second kappa shape index (κ2) is 9.30. The first kappa shape index (κ1) is 20.5. The van der Waals surface area contributed by atoms with Gasteiger partial charge in [-0.05, 0) is 42.5 Å². The van der Waals surface area contributed by atoms with Crippen LogP contribution in [0.3, 0.4) is 0 Å². The fraction of sp³-hybridized carbons (Fsp3) is 0.0455. The molecule has 0 unspecified atom stereocenters. The lowest BCUT2D eigenvalue weighted by Gasteiger charge is -2.10. The number of imide groups is 1. The molecule has 3 aromatic carbocycles. The summed E-state index contributed by atoms with van der Waals surface area (Å²) in [6, 6.07) is 17.4. The summed E-state index contributed by atoms with van der Waals surface area (Å²) in [7, 11) is 0. The van der Waals surface area contributed by atoms with E-state index in [2.05, 4.69) is 11.4 Å². The highest BCUT2D eigenvalue weighted by molar-refractivity contribution is 6.08. The van der Waals surface area contributed by atoms with Crippen molar-refractivity contribution in [2.75, 3.05) is 5.32 Å². The van der Waals surface area contributed by atoms with E-state index in [9.17, 15) is 18.4 Å². The van der Waals surface area contributed by atoms with E-state index in [-0.39, 0.29) is 6.61 Å². The second-order valence-corrected chi connectivity index (χ2v) is 6.09. The number of urea groups is 1. The molecule has 3 rings (SSSR count). The number of ether oxygens (including phenoxy) is 1. The lowest BCUT2D eigenvalue weighted by molar-refractivity contribution is 0.0959. The largest absolute Gasteiger partial charge is 0.489 e. The predicted molar refractivity (Wildman–Crippen MR) is 105 cm³/mol. The zero-order valence-electron chi connectivity index (χ0n) is 15.5. The zero-order valence-corrected chi connectivity index (χ0v) is 15.5. The molecule has 0 fully saturated rings. The van der Waals surface area contributed by atoms with E-state index in [1.807, 2.05) is 5.32 Å². The molecule has 0 atom stereocenters. The molecule has 0 aromatic heterocycles. The molecule has 0 spiro atoms. The van der Waals surface area contributed by atoms with Crippen LogP contribution in [-0.4, -0.2) is 11.9 Å². The standard InChI is InChI=1S/C22H15F2N3O3/c23-18-6-3-7-19(24)20(18)21(28)27-22(29)26-16-8-10-17(11-9-16)30-13-15-5-2-1-4-14(15)12-25/h1-11H,13H2,(H2,26,27,28,29). The number of nitrogens with one attached hydrogen (secondary N) is 2. The van der Waals surface area contributed by atoms with Gasteiger partial charge >= 0.3 is 6.03 Å². The minimum atomic E-state index is -1.20. The number of hydrogen-bond donors (Lipinski definition) is 2. The molecule has 0 aliphatic heterocycles. The third kappa shape index (κ3) is 4.97. The van der Waals surface area contributed by atoms with Gasteiger partial charge < -0.3 is 10.1 Å². The Morgan fingerprint density at radius 1 is 0.933 bits per heavy atom. The van der Waals surface area contributed by atoms with Crippen molar-refractivity contribution in [3.8, 4) is 11.8 Å². The lowest BCUT2D eigenvalue weighted by atomic mass is 10.1. The predicted octanol–water partition coefficient (Wildman–Crippen LogP) is 4.38. The highest BCUT2D eigenvalue weighted by Gasteiger charge is 2.19. The van der Waals surface area contributed by atoms with Crippen molar-refractivity contribution in [1.29, 1.82) is 5.26 Å². The van der Waals surface area contributed by atoms with Crippen LogP contribution in [0.5, 0.6) is 5.75 Å². The van der Waals surface area contributed by atoms with Gasteiger partial charge in [-0.2, -0.15) is 5.26 Å². The van der Waals surface area contributed by atoms with Crippen LogP contribution in [0.2, 0.25) is 0 Å². The maximum absolute atomic E-state index is 13.6. The summed E-state index contributed by atoms with van der Waals surface area (Å²) in [5, 5.41) is 13.3. The molecule has 3 aromatic rings. The van der Waals surface area contributed by atoms with Crippen molar-refractivity contribution in [2.45, 2.75) is 6.61 Å². The van der Waals surface area contributed by atoms with E-state index >= 15 is 0 Å². The summed E-state index contributed by atoms with van der Waals surface area (Å²) in [4.78, 5) is 23.9. The summed E-state index contributed by atoms with van der Waals surface area (Å²) in [6.45, 7) is 0.194. The van der Waals surface area contributed by atoms with E-state index in [0.717, 1.165) is 23.8 Å². The molecule has 8 heteroatoms. The van der Waals surface area contributed by atoms with E-state index in [1.165, 1.54) is 12.1 Å². The fourth-order valence-corrected chi connectivity index (χ4v) is 2.59. The molecule has 0 saturated carbocycles. The van der Waals surface area contributed by atoms with Gasteiger partial charge in [0.25, 0.3) is 5.91 Å². The number of anilines is 1. The number of hydrogen-bond acceptors (Lipinski definition) is 4. The normalized spacial score (nSPS) is 10.0. The maximum Gasteiger partial charge on any atom is 0.326 e. The molecule has 0 saturated heterocycles. The summed E-state index contributed by atoms with van der Waals surface area (Å²) in [5.74, 6) is -2.84. The first-order chi connectivity index (χ1) is 14.5. The fourth-order valence-electron chi connectivity index (χ4n) is 2.59. The van der Waals surface area contributed by atoms with Crippen molar-refractivity contribution in [2.24, 2.45) is 0 Å². The molecule has 150 valence electrons. The Morgan fingerprint density at radius 2 is 1.60 bits per heavy atom. The number of amides is 3. The number of benzene rings is 3. The molecule has 0 aliphatic rings. The molecule has 0 radical (unpaired) electrons. The van der Waals surface area contributed by atoms with Crippen LogP contribution < -0.4 is 15.4 Å². The summed E-state index contributed by atoms with van der Waals surface area (Å²) >= 11 is 0. The number of rotatable bonds is 5. The first-order valence-electron chi connectivity index (χ1n) is 8.75. The molecule has 2 N–H and O–H groups in total. The number of carbonyl (C=O) groups is 2. The third-order valence-electron chi connectivity index (χ3n) is 4.06. The maximum atomic E-state index is 13.6. The lowest BCUT2D eigenvalue weighted by Crippen LogP contribution is -2.35. The summed E-state index contributed by atoms with van der Waals surface area (Å²) < 4.78 is 32.8. The molecule has 0 bridgehead atoms. The van der Waals surface area contributed by atoms with Crippen molar-refractivity contribution in [3.63, 3.8) is 0 Å². The van der Waals surface area contributed by atoms with Gasteiger partial charge in [0.15, 0.2) is 0 Å². The van der Waals surface area contributed by atoms with Gasteiger partial charge in [-0.1, -0.05) is 24.3 Å². The van der Waals surface area contributed by atoms with Gasteiger partial charge in [-0.25, -0.2) is 13.6 Å². The van der Waals surface area contributed by atoms with E-state index in [4.69, 9.17) is 10.00 Å². The topological polar surface area (TPSA) is 91.2 Å². The minimum absolute atomic E-state index is 0.194. The quantitative estimate of drug-likeness (QED) is 0.657. The Balaban J connectivity index is 1.57. The number of halogens is 2. The number of carbonyl (C=O) groups excluding carboxylic acids is 2. The van der Waals surface area contributed by atoms with E-state index in [0.29, 0.717) is 17.0 Å². The van der Waals surface area contributed by atoms with Crippen LogP contribution in [0.15, 0.2) is 66.7 Å².